The minimum atomic E-state index is 0.423. The molecule has 0 saturated heterocycles. The first kappa shape index (κ1) is 23.4. The highest BCUT2D eigenvalue weighted by molar-refractivity contribution is 5.90. The zero-order valence-electron chi connectivity index (χ0n) is 20.9. The van der Waals surface area contributed by atoms with E-state index >= 15 is 0 Å². The fourth-order valence-electron chi connectivity index (χ4n) is 5.01. The van der Waals surface area contributed by atoms with Crippen LogP contribution in [0.1, 0.15) is 37.0 Å². The van der Waals surface area contributed by atoms with Gasteiger partial charge in [-0.3, -0.25) is 0 Å². The molecule has 2 aromatic heterocycles. The summed E-state index contributed by atoms with van der Waals surface area (Å²) in [5.74, 6) is 4.33. The Balaban J connectivity index is 1.12. The molecule has 182 valence electrons. The largest absolute Gasteiger partial charge is 0.461 e. The van der Waals surface area contributed by atoms with Crippen molar-refractivity contribution in [1.29, 1.82) is 0 Å². The van der Waals surface area contributed by atoms with Crippen molar-refractivity contribution < 1.29 is 4.42 Å². The van der Waals surface area contributed by atoms with Gasteiger partial charge in [0.1, 0.15) is 17.3 Å². The predicted molar refractivity (Wildman–Crippen MR) is 144 cm³/mol. The van der Waals surface area contributed by atoms with Crippen LogP contribution in [0.15, 0.2) is 65.1 Å². The number of hydrogen-bond donors (Lipinski definition) is 2. The molecule has 0 atom stereocenters. The Morgan fingerprint density at radius 1 is 0.943 bits per heavy atom. The molecule has 1 aliphatic rings. The third kappa shape index (κ3) is 5.49. The summed E-state index contributed by atoms with van der Waals surface area (Å²) in [6.07, 6.45) is 4.70. The van der Waals surface area contributed by atoms with Gasteiger partial charge in [-0.1, -0.05) is 42.5 Å². The molecule has 6 heteroatoms. The van der Waals surface area contributed by atoms with Gasteiger partial charge in [0.25, 0.3) is 0 Å². The summed E-state index contributed by atoms with van der Waals surface area (Å²) in [4.78, 5) is 11.6. The normalized spacial score (nSPS) is 18.0. The van der Waals surface area contributed by atoms with E-state index < -0.39 is 0 Å². The number of nitrogens with one attached hydrogen (secondary N) is 2. The van der Waals surface area contributed by atoms with Gasteiger partial charge in [-0.05, 0) is 63.3 Å². The number of rotatable bonds is 8. The molecular formula is C29H35N5O. The molecular weight excluding hydrogens is 434 g/mol. The van der Waals surface area contributed by atoms with E-state index in [1.54, 1.807) is 0 Å². The molecule has 35 heavy (non-hydrogen) atoms. The van der Waals surface area contributed by atoms with Gasteiger partial charge in [-0.25, -0.2) is 4.98 Å². The minimum absolute atomic E-state index is 0.423. The van der Waals surface area contributed by atoms with Gasteiger partial charge in [-0.15, -0.1) is 0 Å². The van der Waals surface area contributed by atoms with Crippen molar-refractivity contribution in [2.45, 2.75) is 45.2 Å². The SMILES string of the molecule is Cc1oc(-c2ccccc2)cc1CNCC1CCC(Nc2nc(N(C)C)c3ccccc3n2)CC1. The van der Waals surface area contributed by atoms with Gasteiger partial charge >= 0.3 is 0 Å². The molecule has 1 saturated carbocycles. The Hall–Kier alpha value is -3.38. The number of fused-ring (bicyclic) bond motifs is 1. The van der Waals surface area contributed by atoms with Crippen molar-refractivity contribution in [3.8, 4) is 11.3 Å². The van der Waals surface area contributed by atoms with Gasteiger partial charge in [-0.2, -0.15) is 4.98 Å². The van der Waals surface area contributed by atoms with Crippen molar-refractivity contribution in [2.24, 2.45) is 5.92 Å². The Kier molecular flexibility index (Phi) is 7.00. The second kappa shape index (κ2) is 10.5. The molecule has 2 N–H and O–H groups in total. The third-order valence-electron chi connectivity index (χ3n) is 7.01. The van der Waals surface area contributed by atoms with Crippen LogP contribution in [0.2, 0.25) is 0 Å². The molecule has 1 fully saturated rings. The number of aromatic nitrogens is 2. The van der Waals surface area contributed by atoms with E-state index in [0.29, 0.717) is 12.0 Å². The fourth-order valence-corrected chi connectivity index (χ4v) is 5.01. The monoisotopic (exact) mass is 469 g/mol. The van der Waals surface area contributed by atoms with Crippen molar-refractivity contribution in [3.63, 3.8) is 0 Å². The summed E-state index contributed by atoms with van der Waals surface area (Å²) in [7, 11) is 4.06. The molecule has 1 aliphatic carbocycles. The molecule has 0 unspecified atom stereocenters. The molecule has 2 heterocycles. The summed E-state index contributed by atoms with van der Waals surface area (Å²) < 4.78 is 6.00. The Labute approximate surface area is 207 Å². The number of hydrogen-bond acceptors (Lipinski definition) is 6. The molecule has 0 spiro atoms. The van der Waals surface area contributed by atoms with Crippen molar-refractivity contribution in [1.82, 2.24) is 15.3 Å². The quantitative estimate of drug-likeness (QED) is 0.329. The van der Waals surface area contributed by atoms with Crippen LogP contribution in [-0.4, -0.2) is 36.6 Å². The lowest BCUT2D eigenvalue weighted by atomic mass is 9.86. The molecule has 6 nitrogen and oxygen atoms in total. The smallest absolute Gasteiger partial charge is 0.225 e. The van der Waals surface area contributed by atoms with Gasteiger partial charge < -0.3 is 20.0 Å². The van der Waals surface area contributed by atoms with Crippen LogP contribution >= 0.6 is 0 Å². The van der Waals surface area contributed by atoms with E-state index in [-0.39, 0.29) is 0 Å². The molecule has 0 radical (unpaired) electrons. The zero-order valence-corrected chi connectivity index (χ0v) is 20.9. The second-order valence-corrected chi connectivity index (χ2v) is 9.83. The molecule has 2 aromatic carbocycles. The van der Waals surface area contributed by atoms with Crippen molar-refractivity contribution in [2.75, 3.05) is 30.9 Å². The maximum absolute atomic E-state index is 6.00. The lowest BCUT2D eigenvalue weighted by molar-refractivity contribution is 0.323. The van der Waals surface area contributed by atoms with E-state index in [4.69, 9.17) is 14.4 Å². The molecule has 5 rings (SSSR count). The Bertz CT molecular complexity index is 1260. The number of nitrogens with zero attached hydrogens (tertiary/aromatic N) is 3. The van der Waals surface area contributed by atoms with E-state index in [9.17, 15) is 0 Å². The van der Waals surface area contributed by atoms with Crippen LogP contribution in [0.25, 0.3) is 22.2 Å². The maximum Gasteiger partial charge on any atom is 0.225 e. The summed E-state index contributed by atoms with van der Waals surface area (Å²) in [5.41, 5.74) is 3.35. The van der Waals surface area contributed by atoms with Gasteiger partial charge in [0.2, 0.25) is 5.95 Å². The van der Waals surface area contributed by atoms with Crippen LogP contribution < -0.4 is 15.5 Å². The topological polar surface area (TPSA) is 66.2 Å². The van der Waals surface area contributed by atoms with Crippen LogP contribution in [0.3, 0.4) is 0 Å². The van der Waals surface area contributed by atoms with Gasteiger partial charge in [0.15, 0.2) is 0 Å². The van der Waals surface area contributed by atoms with E-state index in [2.05, 4.69) is 52.8 Å². The molecule has 0 bridgehead atoms. The highest BCUT2D eigenvalue weighted by Gasteiger charge is 2.22. The zero-order chi connectivity index (χ0) is 24.2. The van der Waals surface area contributed by atoms with E-state index in [1.165, 1.54) is 18.4 Å². The molecule has 4 aromatic rings. The number of anilines is 2. The Morgan fingerprint density at radius 2 is 1.69 bits per heavy atom. The first-order chi connectivity index (χ1) is 17.1. The number of para-hydroxylation sites is 1. The average Bonchev–Trinajstić information content (AvgIpc) is 3.25. The van der Waals surface area contributed by atoms with Crippen LogP contribution in [0, 0.1) is 12.8 Å². The van der Waals surface area contributed by atoms with Crippen LogP contribution in [-0.2, 0) is 6.54 Å². The number of furan rings is 1. The molecule has 0 aliphatic heterocycles. The minimum Gasteiger partial charge on any atom is -0.461 e. The third-order valence-corrected chi connectivity index (χ3v) is 7.01. The highest BCUT2D eigenvalue weighted by Crippen LogP contribution is 2.29. The lowest BCUT2D eigenvalue weighted by Gasteiger charge is -2.29. The second-order valence-electron chi connectivity index (χ2n) is 9.83. The maximum atomic E-state index is 6.00. The van der Waals surface area contributed by atoms with E-state index in [1.807, 2.05) is 44.4 Å². The van der Waals surface area contributed by atoms with Crippen LogP contribution in [0.4, 0.5) is 11.8 Å². The first-order valence-electron chi connectivity index (χ1n) is 12.6. The highest BCUT2D eigenvalue weighted by atomic mass is 16.3. The summed E-state index contributed by atoms with van der Waals surface area (Å²) in [6, 6.07) is 21.1. The van der Waals surface area contributed by atoms with Crippen molar-refractivity contribution >= 4 is 22.7 Å². The predicted octanol–water partition coefficient (Wildman–Crippen LogP) is 6.02. The summed E-state index contributed by atoms with van der Waals surface area (Å²) in [6.45, 7) is 3.94. The Morgan fingerprint density at radius 3 is 2.46 bits per heavy atom. The van der Waals surface area contributed by atoms with Gasteiger partial charge in [0, 0.05) is 43.2 Å². The van der Waals surface area contributed by atoms with Crippen LogP contribution in [0.5, 0.6) is 0 Å². The number of aryl methyl sites for hydroxylation is 1. The number of benzene rings is 2. The summed E-state index contributed by atoms with van der Waals surface area (Å²) in [5, 5.41) is 8.37. The standard InChI is InChI=1S/C29H35N5O/c1-20-23(17-27(35-20)22-9-5-4-6-10-22)19-30-18-21-13-15-24(16-14-21)31-29-32-26-12-8-7-11-25(26)28(33-29)34(2)3/h4-12,17,21,24,30H,13-16,18-19H2,1-3H3,(H,31,32,33). The summed E-state index contributed by atoms with van der Waals surface area (Å²) >= 11 is 0. The first-order valence-corrected chi connectivity index (χ1v) is 12.6. The van der Waals surface area contributed by atoms with Gasteiger partial charge in [0.05, 0.1) is 5.52 Å². The van der Waals surface area contributed by atoms with Crippen molar-refractivity contribution in [3.05, 3.63) is 72.0 Å². The molecule has 0 amide bonds. The average molecular weight is 470 g/mol. The fraction of sp³-hybridized carbons (Fsp3) is 0.379. The lowest BCUT2D eigenvalue weighted by Crippen LogP contribution is -2.31. The van der Waals surface area contributed by atoms with E-state index in [0.717, 1.165) is 65.7 Å².